The minimum Gasteiger partial charge on any atom is -0.431 e. The molecule has 0 radical (unpaired) electrons. The quantitative estimate of drug-likeness (QED) is 0.901. The molecule has 110 valence electrons. The number of amides is 1. The number of nitrogens with zero attached hydrogens (tertiary/aromatic N) is 3. The van der Waals surface area contributed by atoms with E-state index in [0.717, 1.165) is 29.7 Å². The maximum Gasteiger partial charge on any atom is 0.287 e. The minimum atomic E-state index is -0.176. The standard InChI is InChI=1S/C14H22N4O2/c1-6-18-10(3)11-9(2)12(20-14(11)16-18)13(19)15-7-8-17(4)5/h6-8H2,1-5H3,(H,15,19). The topological polar surface area (TPSA) is 63.3 Å². The zero-order valence-electron chi connectivity index (χ0n) is 12.8. The Morgan fingerprint density at radius 1 is 1.40 bits per heavy atom. The van der Waals surface area contributed by atoms with Gasteiger partial charge in [0.15, 0.2) is 5.76 Å². The molecule has 0 bridgehead atoms. The average Bonchev–Trinajstić information content (AvgIpc) is 2.87. The van der Waals surface area contributed by atoms with Crippen LogP contribution in [0.3, 0.4) is 0 Å². The number of rotatable bonds is 5. The van der Waals surface area contributed by atoms with Gasteiger partial charge in [0, 0.05) is 30.9 Å². The minimum absolute atomic E-state index is 0.176. The first kappa shape index (κ1) is 14.6. The molecule has 1 amide bonds. The average molecular weight is 278 g/mol. The van der Waals surface area contributed by atoms with E-state index in [-0.39, 0.29) is 5.91 Å². The number of aromatic nitrogens is 2. The van der Waals surface area contributed by atoms with Gasteiger partial charge in [-0.05, 0) is 34.9 Å². The largest absolute Gasteiger partial charge is 0.431 e. The predicted molar refractivity (Wildman–Crippen MR) is 78.0 cm³/mol. The Morgan fingerprint density at radius 3 is 2.65 bits per heavy atom. The van der Waals surface area contributed by atoms with Crippen LogP contribution < -0.4 is 5.32 Å². The highest BCUT2D eigenvalue weighted by molar-refractivity contribution is 5.98. The van der Waals surface area contributed by atoms with Gasteiger partial charge in [-0.1, -0.05) is 0 Å². The van der Waals surface area contributed by atoms with Crippen LogP contribution in [0.5, 0.6) is 0 Å². The Labute approximate surface area is 118 Å². The summed E-state index contributed by atoms with van der Waals surface area (Å²) in [6.07, 6.45) is 0. The first-order valence-electron chi connectivity index (χ1n) is 6.85. The predicted octanol–water partition coefficient (Wildman–Crippen LogP) is 1.56. The molecule has 6 heteroatoms. The van der Waals surface area contributed by atoms with Crippen LogP contribution in [-0.4, -0.2) is 47.8 Å². The van der Waals surface area contributed by atoms with Crippen molar-refractivity contribution in [3.8, 4) is 0 Å². The van der Waals surface area contributed by atoms with Crippen LogP contribution in [0.2, 0.25) is 0 Å². The lowest BCUT2D eigenvalue weighted by molar-refractivity contribution is 0.0924. The lowest BCUT2D eigenvalue weighted by Gasteiger charge is -2.09. The number of likely N-dealkylation sites (N-methyl/N-ethyl adjacent to an activating group) is 1. The van der Waals surface area contributed by atoms with Crippen LogP contribution >= 0.6 is 0 Å². The maximum absolute atomic E-state index is 12.1. The van der Waals surface area contributed by atoms with Crippen LogP contribution in [0.15, 0.2) is 4.42 Å². The second-order valence-electron chi connectivity index (χ2n) is 5.20. The Morgan fingerprint density at radius 2 is 2.10 bits per heavy atom. The summed E-state index contributed by atoms with van der Waals surface area (Å²) in [5.74, 6) is 0.192. The van der Waals surface area contributed by atoms with E-state index >= 15 is 0 Å². The highest BCUT2D eigenvalue weighted by Gasteiger charge is 2.21. The molecule has 0 aliphatic heterocycles. The van der Waals surface area contributed by atoms with Crippen molar-refractivity contribution in [3.05, 3.63) is 17.0 Å². The molecular formula is C14H22N4O2. The fraction of sp³-hybridized carbons (Fsp3) is 0.571. The van der Waals surface area contributed by atoms with E-state index in [1.54, 1.807) is 0 Å². The van der Waals surface area contributed by atoms with Crippen LogP contribution in [0, 0.1) is 13.8 Å². The van der Waals surface area contributed by atoms with Gasteiger partial charge in [-0.15, -0.1) is 5.10 Å². The third-order valence-corrected chi connectivity index (χ3v) is 3.44. The number of hydrogen-bond acceptors (Lipinski definition) is 4. The Hall–Kier alpha value is -1.82. The molecule has 20 heavy (non-hydrogen) atoms. The SMILES string of the molecule is CCn1nc2oc(C(=O)NCCN(C)C)c(C)c2c1C. The van der Waals surface area contributed by atoms with E-state index in [1.807, 2.05) is 44.4 Å². The first-order chi connectivity index (χ1) is 9.45. The zero-order valence-corrected chi connectivity index (χ0v) is 12.8. The van der Waals surface area contributed by atoms with Gasteiger partial charge in [0.1, 0.15) is 0 Å². The van der Waals surface area contributed by atoms with E-state index < -0.39 is 0 Å². The van der Waals surface area contributed by atoms with E-state index in [4.69, 9.17) is 4.42 Å². The highest BCUT2D eigenvalue weighted by atomic mass is 16.4. The molecule has 0 atom stereocenters. The summed E-state index contributed by atoms with van der Waals surface area (Å²) in [7, 11) is 3.94. The number of furan rings is 1. The molecule has 0 aliphatic carbocycles. The van der Waals surface area contributed by atoms with Gasteiger partial charge in [0.05, 0.1) is 5.39 Å². The number of carbonyl (C=O) groups is 1. The molecule has 2 heterocycles. The number of aryl methyl sites for hydroxylation is 3. The number of nitrogens with one attached hydrogen (secondary N) is 1. The van der Waals surface area contributed by atoms with E-state index in [9.17, 15) is 4.79 Å². The molecule has 2 aromatic rings. The van der Waals surface area contributed by atoms with Gasteiger partial charge in [-0.25, -0.2) is 0 Å². The molecule has 0 spiro atoms. The van der Waals surface area contributed by atoms with Crippen LogP contribution in [0.4, 0.5) is 0 Å². The van der Waals surface area contributed by atoms with Crippen molar-refractivity contribution >= 4 is 17.0 Å². The van der Waals surface area contributed by atoms with Crippen LogP contribution in [0.25, 0.3) is 11.1 Å². The highest BCUT2D eigenvalue weighted by Crippen LogP contribution is 2.27. The molecule has 1 N–H and O–H groups in total. The maximum atomic E-state index is 12.1. The normalized spacial score (nSPS) is 11.5. The summed E-state index contributed by atoms with van der Waals surface area (Å²) in [6, 6.07) is 0. The van der Waals surface area contributed by atoms with Crippen molar-refractivity contribution in [2.45, 2.75) is 27.3 Å². The van der Waals surface area contributed by atoms with E-state index in [2.05, 4.69) is 10.4 Å². The lowest BCUT2D eigenvalue weighted by Crippen LogP contribution is -2.31. The molecule has 2 rings (SSSR count). The van der Waals surface area contributed by atoms with Crippen molar-refractivity contribution in [1.82, 2.24) is 20.0 Å². The fourth-order valence-corrected chi connectivity index (χ4v) is 2.31. The van der Waals surface area contributed by atoms with E-state index in [0.29, 0.717) is 18.0 Å². The molecular weight excluding hydrogens is 256 g/mol. The van der Waals surface area contributed by atoms with Crippen molar-refractivity contribution in [2.24, 2.45) is 0 Å². The number of fused-ring (bicyclic) bond motifs is 1. The van der Waals surface area contributed by atoms with Crippen molar-refractivity contribution < 1.29 is 9.21 Å². The summed E-state index contributed by atoms with van der Waals surface area (Å²) >= 11 is 0. The molecule has 6 nitrogen and oxygen atoms in total. The monoisotopic (exact) mass is 278 g/mol. The van der Waals surface area contributed by atoms with Gasteiger partial charge < -0.3 is 14.6 Å². The van der Waals surface area contributed by atoms with Crippen LogP contribution in [0.1, 0.15) is 28.7 Å². The summed E-state index contributed by atoms with van der Waals surface area (Å²) in [5, 5.41) is 8.17. The summed E-state index contributed by atoms with van der Waals surface area (Å²) in [5.41, 5.74) is 2.44. The third kappa shape index (κ3) is 2.56. The summed E-state index contributed by atoms with van der Waals surface area (Å²) in [4.78, 5) is 14.1. The Kier molecular flexibility index (Phi) is 4.13. The lowest BCUT2D eigenvalue weighted by atomic mass is 10.1. The zero-order chi connectivity index (χ0) is 14.9. The Balaban J connectivity index is 2.23. The summed E-state index contributed by atoms with van der Waals surface area (Å²) in [6.45, 7) is 8.11. The molecule has 0 saturated heterocycles. The van der Waals surface area contributed by atoms with Crippen molar-refractivity contribution in [3.63, 3.8) is 0 Å². The van der Waals surface area contributed by atoms with Crippen molar-refractivity contribution in [2.75, 3.05) is 27.2 Å². The number of hydrogen-bond donors (Lipinski definition) is 1. The van der Waals surface area contributed by atoms with E-state index in [1.165, 1.54) is 0 Å². The second kappa shape index (κ2) is 5.66. The molecule has 2 aromatic heterocycles. The number of carbonyl (C=O) groups excluding carboxylic acids is 1. The third-order valence-electron chi connectivity index (χ3n) is 3.44. The second-order valence-corrected chi connectivity index (χ2v) is 5.20. The smallest absolute Gasteiger partial charge is 0.287 e. The van der Waals surface area contributed by atoms with Gasteiger partial charge in [0.25, 0.3) is 5.91 Å². The fourth-order valence-electron chi connectivity index (χ4n) is 2.31. The Bertz CT molecular complexity index is 625. The van der Waals surface area contributed by atoms with Gasteiger partial charge in [0.2, 0.25) is 5.71 Å². The first-order valence-corrected chi connectivity index (χ1v) is 6.85. The van der Waals surface area contributed by atoms with Gasteiger partial charge >= 0.3 is 0 Å². The van der Waals surface area contributed by atoms with Gasteiger partial charge in [-0.2, -0.15) is 0 Å². The molecule has 0 aliphatic rings. The molecule has 0 saturated carbocycles. The molecule has 0 aromatic carbocycles. The molecule has 0 fully saturated rings. The van der Waals surface area contributed by atoms with Crippen LogP contribution in [-0.2, 0) is 6.54 Å². The summed E-state index contributed by atoms with van der Waals surface area (Å²) < 4.78 is 7.51. The molecule has 0 unspecified atom stereocenters. The van der Waals surface area contributed by atoms with Gasteiger partial charge in [-0.3, -0.25) is 9.48 Å². The van der Waals surface area contributed by atoms with Crippen molar-refractivity contribution in [1.29, 1.82) is 0 Å².